The minimum absolute atomic E-state index is 0.205. The van der Waals surface area contributed by atoms with Crippen LogP contribution in [0.3, 0.4) is 0 Å². The fourth-order valence-electron chi connectivity index (χ4n) is 2.47. The molecule has 24 heavy (non-hydrogen) atoms. The van der Waals surface area contributed by atoms with E-state index < -0.39 is 22.3 Å². The molecule has 0 radical (unpaired) electrons. The van der Waals surface area contributed by atoms with E-state index in [-0.39, 0.29) is 5.56 Å². The van der Waals surface area contributed by atoms with Crippen LogP contribution in [0.15, 0.2) is 36.4 Å². The molecule has 0 aromatic heterocycles. The van der Waals surface area contributed by atoms with E-state index in [2.05, 4.69) is 5.32 Å². The van der Waals surface area contributed by atoms with Crippen molar-refractivity contribution in [2.75, 3.05) is 30.4 Å². The van der Waals surface area contributed by atoms with E-state index in [1.807, 2.05) is 11.9 Å². The van der Waals surface area contributed by atoms with Gasteiger partial charge < -0.3 is 15.0 Å². The fourth-order valence-corrected chi connectivity index (χ4v) is 2.47. The van der Waals surface area contributed by atoms with Crippen LogP contribution in [0.4, 0.5) is 21.5 Å². The highest BCUT2D eigenvalue weighted by molar-refractivity contribution is 6.07. The number of carbonyl (C=O) groups excluding carboxylic acids is 1. The molecule has 0 spiro atoms. The van der Waals surface area contributed by atoms with Gasteiger partial charge >= 0.3 is 0 Å². The number of hydrogen-bond donors (Lipinski definition) is 1. The molecule has 1 aliphatic rings. The average molecular weight is 331 g/mol. The molecule has 0 aliphatic carbocycles. The van der Waals surface area contributed by atoms with E-state index in [4.69, 9.17) is 4.74 Å². The van der Waals surface area contributed by atoms with Crippen molar-refractivity contribution >= 4 is 23.0 Å². The van der Waals surface area contributed by atoms with Gasteiger partial charge in [0.2, 0.25) is 0 Å². The summed E-state index contributed by atoms with van der Waals surface area (Å²) in [4.78, 5) is 24.5. The molecular weight excluding hydrogens is 317 g/mol. The SMILES string of the molecule is CN1CCOc2ccc(NC(=O)c3ccc(F)cc3[N+](=O)[O-])cc21. The number of likely N-dealkylation sites (N-methyl/N-ethyl adjacent to an activating group) is 1. The summed E-state index contributed by atoms with van der Waals surface area (Å²) in [6.45, 7) is 1.30. The molecule has 1 N–H and O–H groups in total. The van der Waals surface area contributed by atoms with Gasteiger partial charge in [0.05, 0.1) is 23.2 Å². The van der Waals surface area contributed by atoms with Crippen LogP contribution in [0, 0.1) is 15.9 Å². The summed E-state index contributed by atoms with van der Waals surface area (Å²) in [5, 5.41) is 13.6. The maximum atomic E-state index is 13.2. The summed E-state index contributed by atoms with van der Waals surface area (Å²) in [7, 11) is 1.90. The zero-order chi connectivity index (χ0) is 17.3. The second-order valence-corrected chi connectivity index (χ2v) is 5.33. The third-order valence-electron chi connectivity index (χ3n) is 3.71. The first kappa shape index (κ1) is 15.7. The van der Waals surface area contributed by atoms with Gasteiger partial charge in [0.15, 0.2) is 0 Å². The van der Waals surface area contributed by atoms with Crippen LogP contribution in [0.1, 0.15) is 10.4 Å². The normalized spacial score (nSPS) is 13.0. The van der Waals surface area contributed by atoms with Crippen molar-refractivity contribution in [1.82, 2.24) is 0 Å². The summed E-state index contributed by atoms with van der Waals surface area (Å²) in [5.41, 5.74) is 0.497. The Balaban J connectivity index is 1.88. The molecule has 1 aliphatic heterocycles. The van der Waals surface area contributed by atoms with Crippen molar-refractivity contribution in [2.24, 2.45) is 0 Å². The Bertz CT molecular complexity index is 825. The number of nitrogens with one attached hydrogen (secondary N) is 1. The second-order valence-electron chi connectivity index (χ2n) is 5.33. The lowest BCUT2D eigenvalue weighted by Crippen LogP contribution is -2.28. The van der Waals surface area contributed by atoms with Crippen molar-refractivity contribution in [1.29, 1.82) is 0 Å². The van der Waals surface area contributed by atoms with Gasteiger partial charge in [-0.05, 0) is 30.3 Å². The minimum atomic E-state index is -0.785. The highest BCUT2D eigenvalue weighted by atomic mass is 19.1. The predicted molar refractivity (Wildman–Crippen MR) is 86.2 cm³/mol. The topological polar surface area (TPSA) is 84.7 Å². The molecule has 7 nitrogen and oxygen atoms in total. The number of benzene rings is 2. The van der Waals surface area contributed by atoms with E-state index in [0.717, 1.165) is 23.9 Å². The lowest BCUT2D eigenvalue weighted by molar-refractivity contribution is -0.385. The molecule has 1 heterocycles. The van der Waals surface area contributed by atoms with Crippen molar-refractivity contribution < 1.29 is 18.8 Å². The Morgan fingerprint density at radius 1 is 1.33 bits per heavy atom. The first-order valence-electron chi connectivity index (χ1n) is 7.19. The Morgan fingerprint density at radius 2 is 2.12 bits per heavy atom. The van der Waals surface area contributed by atoms with E-state index in [0.29, 0.717) is 24.6 Å². The maximum Gasteiger partial charge on any atom is 0.285 e. The molecule has 2 aromatic rings. The van der Waals surface area contributed by atoms with E-state index in [1.165, 1.54) is 0 Å². The summed E-state index contributed by atoms with van der Waals surface area (Å²) in [6.07, 6.45) is 0. The number of nitrogens with zero attached hydrogens (tertiary/aromatic N) is 2. The molecule has 0 bridgehead atoms. The lowest BCUT2D eigenvalue weighted by atomic mass is 10.1. The van der Waals surface area contributed by atoms with E-state index in [1.54, 1.807) is 18.2 Å². The average Bonchev–Trinajstić information content (AvgIpc) is 2.55. The zero-order valence-electron chi connectivity index (χ0n) is 12.8. The summed E-state index contributed by atoms with van der Waals surface area (Å²) in [6, 6.07) is 7.92. The van der Waals surface area contributed by atoms with Gasteiger partial charge in [-0.3, -0.25) is 14.9 Å². The molecule has 0 fully saturated rings. The fraction of sp³-hybridized carbons (Fsp3) is 0.188. The molecule has 124 valence electrons. The van der Waals surface area contributed by atoms with Gasteiger partial charge in [0.1, 0.15) is 23.7 Å². The van der Waals surface area contributed by atoms with Gasteiger partial charge in [0, 0.05) is 12.7 Å². The Kier molecular flexibility index (Phi) is 4.03. The van der Waals surface area contributed by atoms with Crippen molar-refractivity contribution in [3.05, 3.63) is 57.9 Å². The maximum absolute atomic E-state index is 13.2. The number of nitro benzene ring substituents is 1. The van der Waals surface area contributed by atoms with Gasteiger partial charge in [0.25, 0.3) is 11.6 Å². The number of halogens is 1. The second kappa shape index (κ2) is 6.15. The van der Waals surface area contributed by atoms with Crippen molar-refractivity contribution in [2.45, 2.75) is 0 Å². The highest BCUT2D eigenvalue weighted by Gasteiger charge is 2.22. The van der Waals surface area contributed by atoms with Crippen LogP contribution in [-0.4, -0.2) is 31.0 Å². The van der Waals surface area contributed by atoms with Crippen LogP contribution in [0.2, 0.25) is 0 Å². The van der Waals surface area contributed by atoms with Crippen molar-refractivity contribution in [3.8, 4) is 5.75 Å². The summed E-state index contributed by atoms with van der Waals surface area (Å²) >= 11 is 0. The first-order chi connectivity index (χ1) is 11.5. The number of fused-ring (bicyclic) bond motifs is 1. The molecule has 3 rings (SSSR count). The number of rotatable bonds is 3. The van der Waals surface area contributed by atoms with Gasteiger partial charge in [-0.2, -0.15) is 0 Å². The largest absolute Gasteiger partial charge is 0.490 e. The number of nitro groups is 1. The molecule has 8 heteroatoms. The lowest BCUT2D eigenvalue weighted by Gasteiger charge is -2.28. The Morgan fingerprint density at radius 3 is 2.88 bits per heavy atom. The number of hydrogen-bond acceptors (Lipinski definition) is 5. The van der Waals surface area contributed by atoms with Crippen LogP contribution in [0.5, 0.6) is 5.75 Å². The molecule has 0 saturated carbocycles. The number of anilines is 2. The standard InChI is InChI=1S/C16H14FN3O4/c1-19-6-7-24-15-5-3-11(9-14(15)19)18-16(21)12-4-2-10(17)8-13(12)20(22)23/h2-5,8-9H,6-7H2,1H3,(H,18,21). The van der Waals surface area contributed by atoms with Crippen LogP contribution < -0.4 is 15.0 Å². The zero-order valence-corrected chi connectivity index (χ0v) is 12.8. The minimum Gasteiger partial charge on any atom is -0.490 e. The number of amides is 1. The molecule has 0 atom stereocenters. The Hall–Kier alpha value is -3.16. The molecule has 0 unspecified atom stereocenters. The van der Waals surface area contributed by atoms with Gasteiger partial charge in [-0.25, -0.2) is 4.39 Å². The third kappa shape index (κ3) is 2.98. The van der Waals surface area contributed by atoms with Gasteiger partial charge in [-0.15, -0.1) is 0 Å². The first-order valence-corrected chi connectivity index (χ1v) is 7.19. The quantitative estimate of drug-likeness (QED) is 0.690. The highest BCUT2D eigenvalue weighted by Crippen LogP contribution is 2.33. The summed E-state index contributed by atoms with van der Waals surface area (Å²) in [5.74, 6) is -0.749. The van der Waals surface area contributed by atoms with Crippen LogP contribution in [-0.2, 0) is 0 Å². The smallest absolute Gasteiger partial charge is 0.285 e. The molecule has 0 saturated heterocycles. The van der Waals surface area contributed by atoms with Crippen molar-refractivity contribution in [3.63, 3.8) is 0 Å². The molecule has 2 aromatic carbocycles. The Labute approximate surface area is 136 Å². The molecule has 1 amide bonds. The van der Waals surface area contributed by atoms with Crippen LogP contribution in [0.25, 0.3) is 0 Å². The predicted octanol–water partition coefficient (Wildman–Crippen LogP) is 2.81. The van der Waals surface area contributed by atoms with E-state index in [9.17, 15) is 19.3 Å². The number of ether oxygens (including phenoxy) is 1. The van der Waals surface area contributed by atoms with Gasteiger partial charge in [-0.1, -0.05) is 0 Å². The molecular formula is C16H14FN3O4. The van der Waals surface area contributed by atoms with E-state index >= 15 is 0 Å². The monoisotopic (exact) mass is 331 g/mol. The van der Waals surface area contributed by atoms with Crippen LogP contribution >= 0.6 is 0 Å². The third-order valence-corrected chi connectivity index (χ3v) is 3.71. The summed E-state index contributed by atoms with van der Waals surface area (Å²) < 4.78 is 18.7. The number of carbonyl (C=O) groups is 1.